The molecule has 1 heterocycles. The Kier molecular flexibility index (Phi) is 12.7. The molecule has 3 atom stereocenters. The molecule has 1 amide bonds. The fraction of sp³-hybridized carbons (Fsp3) is 0.353. The van der Waals surface area contributed by atoms with E-state index in [-0.39, 0.29) is 36.2 Å². The van der Waals surface area contributed by atoms with E-state index in [1.807, 2.05) is 44.2 Å². The van der Waals surface area contributed by atoms with Gasteiger partial charge in [-0.1, -0.05) is 79.7 Å². The molecular formula is C34H41N5O8S. The highest BCUT2D eigenvalue weighted by Gasteiger charge is 2.32. The molecule has 0 bridgehead atoms. The van der Waals surface area contributed by atoms with Crippen LogP contribution < -0.4 is 10.1 Å². The van der Waals surface area contributed by atoms with Gasteiger partial charge >= 0.3 is 12.1 Å². The Balaban J connectivity index is 1.52. The van der Waals surface area contributed by atoms with Crippen molar-refractivity contribution in [3.63, 3.8) is 0 Å². The summed E-state index contributed by atoms with van der Waals surface area (Å²) in [5.41, 5.74) is 1.68. The van der Waals surface area contributed by atoms with Gasteiger partial charge in [-0.2, -0.15) is 4.31 Å². The number of aliphatic hydroxyl groups excluding tert-OH is 1. The lowest BCUT2D eigenvalue weighted by Gasteiger charge is -2.30. The molecule has 14 heteroatoms. The first-order chi connectivity index (χ1) is 23.0. The van der Waals surface area contributed by atoms with E-state index in [0.29, 0.717) is 17.7 Å². The summed E-state index contributed by atoms with van der Waals surface area (Å²) >= 11 is 0. The number of carbonyl (C=O) groups excluding carboxylic acids is 2. The first-order valence-electron chi connectivity index (χ1n) is 15.3. The van der Waals surface area contributed by atoms with E-state index >= 15 is 0 Å². The summed E-state index contributed by atoms with van der Waals surface area (Å²) < 4.78 is 45.6. The van der Waals surface area contributed by atoms with Gasteiger partial charge in [-0.3, -0.25) is 0 Å². The quantitative estimate of drug-likeness (QED) is 0.166. The van der Waals surface area contributed by atoms with E-state index in [4.69, 9.17) is 14.2 Å². The van der Waals surface area contributed by atoms with Gasteiger partial charge in [-0.05, 0) is 47.7 Å². The molecule has 0 fully saturated rings. The fourth-order valence-electron chi connectivity index (χ4n) is 5.05. The number of aliphatic hydroxyl groups is 1. The van der Waals surface area contributed by atoms with E-state index in [2.05, 4.69) is 15.6 Å². The van der Waals surface area contributed by atoms with Gasteiger partial charge in [0, 0.05) is 13.1 Å². The lowest BCUT2D eigenvalue weighted by Crippen LogP contribution is -2.43. The Morgan fingerprint density at radius 2 is 1.58 bits per heavy atom. The number of benzene rings is 3. The number of esters is 1. The number of rotatable bonds is 16. The average molecular weight is 680 g/mol. The number of nitrogens with zero attached hydrogens (tertiary/aromatic N) is 4. The third-order valence-electron chi connectivity index (χ3n) is 7.47. The first-order valence-corrected chi connectivity index (χ1v) is 16.8. The highest BCUT2D eigenvalue weighted by atomic mass is 32.2. The van der Waals surface area contributed by atoms with Crippen molar-refractivity contribution >= 4 is 22.1 Å². The second-order valence-corrected chi connectivity index (χ2v) is 13.4. The number of amides is 1. The van der Waals surface area contributed by atoms with Gasteiger partial charge in [0.15, 0.2) is 6.04 Å². The summed E-state index contributed by atoms with van der Waals surface area (Å²) in [6.07, 6.45) is -0.244. The molecule has 0 saturated carbocycles. The van der Waals surface area contributed by atoms with Crippen molar-refractivity contribution in [3.8, 4) is 5.75 Å². The minimum atomic E-state index is -3.98. The van der Waals surface area contributed by atoms with Crippen LogP contribution in [-0.4, -0.2) is 78.3 Å². The average Bonchev–Trinajstić information content (AvgIpc) is 3.57. The molecule has 2 N–H and O–H groups in total. The predicted molar refractivity (Wildman–Crippen MR) is 176 cm³/mol. The Morgan fingerprint density at radius 3 is 2.19 bits per heavy atom. The normalized spacial score (nSPS) is 13.5. The Bertz CT molecular complexity index is 1720. The van der Waals surface area contributed by atoms with E-state index in [1.54, 1.807) is 42.5 Å². The van der Waals surface area contributed by atoms with Crippen LogP contribution in [0.5, 0.6) is 5.75 Å². The number of carbonyl (C=O) groups is 2. The first kappa shape index (κ1) is 36.1. The highest BCUT2D eigenvalue weighted by Crippen LogP contribution is 2.25. The summed E-state index contributed by atoms with van der Waals surface area (Å²) in [5, 5.41) is 22.5. The molecule has 0 radical (unpaired) electrons. The summed E-state index contributed by atoms with van der Waals surface area (Å²) in [6.45, 7) is 3.47. The second-order valence-electron chi connectivity index (χ2n) is 11.5. The molecule has 0 aliphatic heterocycles. The summed E-state index contributed by atoms with van der Waals surface area (Å²) in [7, 11) is -1.26. The van der Waals surface area contributed by atoms with Gasteiger partial charge in [0.1, 0.15) is 18.1 Å². The Hall–Kier alpha value is -4.79. The SMILES string of the molecule is COC(=O)[C@@H](NC(=O)OCc1cn([C@@H](Cc2ccccc2)[C@H](O)CN(CC(C)C)S(=O)(=O)c2ccc(OC)cc2)nn1)c1ccccc1. The van der Waals surface area contributed by atoms with Crippen LogP contribution in [0, 0.1) is 5.92 Å². The molecule has 48 heavy (non-hydrogen) atoms. The van der Waals surface area contributed by atoms with Crippen LogP contribution in [0.4, 0.5) is 4.79 Å². The van der Waals surface area contributed by atoms with Crippen LogP contribution in [-0.2, 0) is 37.3 Å². The Labute approximate surface area is 280 Å². The second kappa shape index (κ2) is 16.9. The highest BCUT2D eigenvalue weighted by molar-refractivity contribution is 7.89. The zero-order chi connectivity index (χ0) is 34.7. The molecule has 256 valence electrons. The van der Waals surface area contributed by atoms with Gasteiger partial charge in [0.25, 0.3) is 0 Å². The van der Waals surface area contributed by atoms with Gasteiger partial charge in [-0.25, -0.2) is 22.7 Å². The predicted octanol–water partition coefficient (Wildman–Crippen LogP) is 3.92. The number of hydrogen-bond acceptors (Lipinski definition) is 10. The Morgan fingerprint density at radius 1 is 0.938 bits per heavy atom. The number of ether oxygens (including phenoxy) is 3. The lowest BCUT2D eigenvalue weighted by molar-refractivity contribution is -0.143. The zero-order valence-corrected chi connectivity index (χ0v) is 28.1. The molecule has 0 aliphatic carbocycles. The van der Waals surface area contributed by atoms with Crippen molar-refractivity contribution < 1.29 is 37.3 Å². The molecule has 1 aromatic heterocycles. The number of sulfonamides is 1. The summed E-state index contributed by atoms with van der Waals surface area (Å²) in [5.74, 6) is -0.169. The van der Waals surface area contributed by atoms with Crippen molar-refractivity contribution in [1.82, 2.24) is 24.6 Å². The number of alkyl carbamates (subject to hydrolysis) is 1. The smallest absolute Gasteiger partial charge is 0.408 e. The van der Waals surface area contributed by atoms with Crippen LogP contribution in [0.25, 0.3) is 0 Å². The maximum Gasteiger partial charge on any atom is 0.408 e. The van der Waals surface area contributed by atoms with Crippen molar-refractivity contribution in [3.05, 3.63) is 108 Å². The standard InChI is InChI=1S/C34H41N5O8S/c1-24(2)20-38(48(43,44)29-17-15-28(45-3)16-18-29)22-31(40)30(19-25-11-7-5-8-12-25)39-21-27(36-37-39)23-47-34(42)35-32(33(41)46-4)26-13-9-6-10-14-26/h5-18,21,24,30-32,40H,19-20,22-23H2,1-4H3,(H,35,42)/t30-,31+,32-/m0/s1. The molecule has 0 saturated heterocycles. The summed E-state index contributed by atoms with van der Waals surface area (Å²) in [6, 6.07) is 22.3. The monoisotopic (exact) mass is 679 g/mol. The van der Waals surface area contributed by atoms with Gasteiger partial charge in [0.05, 0.1) is 37.5 Å². The molecule has 4 aromatic rings. The van der Waals surface area contributed by atoms with Gasteiger partial charge < -0.3 is 24.6 Å². The fourth-order valence-corrected chi connectivity index (χ4v) is 6.67. The van der Waals surface area contributed by atoms with Gasteiger partial charge in [0.2, 0.25) is 10.0 Å². The zero-order valence-electron chi connectivity index (χ0n) is 27.3. The van der Waals surface area contributed by atoms with Crippen molar-refractivity contribution in [2.45, 2.75) is 50.0 Å². The van der Waals surface area contributed by atoms with E-state index in [0.717, 1.165) is 5.56 Å². The topological polar surface area (TPSA) is 162 Å². The minimum Gasteiger partial charge on any atom is -0.497 e. The van der Waals surface area contributed by atoms with Crippen LogP contribution in [0.1, 0.15) is 42.8 Å². The number of nitrogens with one attached hydrogen (secondary N) is 1. The van der Waals surface area contributed by atoms with Gasteiger partial charge in [-0.15, -0.1) is 5.10 Å². The van der Waals surface area contributed by atoms with Crippen molar-refractivity contribution in [1.29, 1.82) is 0 Å². The molecule has 0 aliphatic rings. The minimum absolute atomic E-state index is 0.0280. The molecule has 13 nitrogen and oxygen atoms in total. The van der Waals surface area contributed by atoms with Crippen LogP contribution in [0.15, 0.2) is 96.0 Å². The van der Waals surface area contributed by atoms with Crippen molar-refractivity contribution in [2.24, 2.45) is 5.92 Å². The van der Waals surface area contributed by atoms with E-state index < -0.39 is 40.3 Å². The van der Waals surface area contributed by atoms with E-state index in [1.165, 1.54) is 41.5 Å². The lowest BCUT2D eigenvalue weighted by atomic mass is 10.0. The molecule has 4 rings (SSSR count). The van der Waals surface area contributed by atoms with E-state index in [9.17, 15) is 23.1 Å². The van der Waals surface area contributed by atoms with Crippen LogP contribution >= 0.6 is 0 Å². The largest absolute Gasteiger partial charge is 0.497 e. The molecular weight excluding hydrogens is 638 g/mol. The molecule has 3 aromatic carbocycles. The van der Waals surface area contributed by atoms with Crippen molar-refractivity contribution in [2.75, 3.05) is 27.3 Å². The number of methoxy groups -OCH3 is 2. The van der Waals surface area contributed by atoms with Crippen LogP contribution in [0.3, 0.4) is 0 Å². The maximum atomic E-state index is 13.8. The summed E-state index contributed by atoms with van der Waals surface area (Å²) in [4.78, 5) is 25.1. The molecule has 0 unspecified atom stereocenters. The third-order valence-corrected chi connectivity index (χ3v) is 9.32. The third kappa shape index (κ3) is 9.62. The number of aromatic nitrogens is 3. The maximum absolute atomic E-state index is 13.8. The molecule has 0 spiro atoms. The number of hydrogen-bond donors (Lipinski definition) is 2. The van der Waals surface area contributed by atoms with Crippen LogP contribution in [0.2, 0.25) is 0 Å².